The van der Waals surface area contributed by atoms with Crippen LogP contribution in [0.5, 0.6) is 0 Å². The van der Waals surface area contributed by atoms with Crippen LogP contribution >= 0.6 is 0 Å². The summed E-state index contributed by atoms with van der Waals surface area (Å²) < 4.78 is 9.13. The highest BCUT2D eigenvalue weighted by molar-refractivity contribution is 5.72. The van der Waals surface area contributed by atoms with Gasteiger partial charge < -0.3 is 9.47 Å². The molecule has 0 N–H and O–H groups in total. The van der Waals surface area contributed by atoms with Gasteiger partial charge in [-0.05, 0) is 11.1 Å². The maximum absolute atomic E-state index is 10.9. The van der Waals surface area contributed by atoms with Gasteiger partial charge in [-0.25, -0.2) is 0 Å². The maximum atomic E-state index is 10.9. The lowest BCUT2D eigenvalue weighted by Crippen LogP contribution is -2.04. The van der Waals surface area contributed by atoms with E-state index in [9.17, 15) is 9.59 Å². The van der Waals surface area contributed by atoms with E-state index < -0.39 is 0 Å². The summed E-state index contributed by atoms with van der Waals surface area (Å²) in [6, 6.07) is 7.23. The summed E-state index contributed by atoms with van der Waals surface area (Å²) in [4.78, 5) is 20.9. The van der Waals surface area contributed by atoms with Crippen LogP contribution < -0.4 is 0 Å². The van der Waals surface area contributed by atoms with Crippen molar-refractivity contribution in [3.63, 3.8) is 0 Å². The molecule has 0 aromatic heterocycles. The van der Waals surface area contributed by atoms with Gasteiger partial charge in [0.25, 0.3) is 6.47 Å². The van der Waals surface area contributed by atoms with Crippen LogP contribution in [0, 0.1) is 0 Å². The molecule has 0 aliphatic carbocycles. The molecule has 0 fully saturated rings. The minimum Gasteiger partial charge on any atom is -0.469 e. The molecule has 4 heteroatoms. The summed E-state index contributed by atoms with van der Waals surface area (Å²) in [6.07, 6.45) is 0.255. The minimum absolute atomic E-state index is 0.252. The van der Waals surface area contributed by atoms with Gasteiger partial charge in [-0.2, -0.15) is 0 Å². The van der Waals surface area contributed by atoms with E-state index >= 15 is 0 Å². The topological polar surface area (TPSA) is 52.6 Å². The van der Waals surface area contributed by atoms with E-state index in [1.807, 2.05) is 12.1 Å². The lowest BCUT2D eigenvalue weighted by Gasteiger charge is -2.02. The van der Waals surface area contributed by atoms with E-state index in [-0.39, 0.29) is 19.0 Å². The maximum Gasteiger partial charge on any atom is 0.309 e. The Kier molecular flexibility index (Phi) is 4.34. The number of carbonyl (C=O) groups excluding carboxylic acids is 2. The molecule has 1 aromatic rings. The minimum atomic E-state index is -0.271. The van der Waals surface area contributed by atoms with Crippen LogP contribution in [0.25, 0.3) is 0 Å². The quantitative estimate of drug-likeness (QED) is 0.536. The third-order valence-corrected chi connectivity index (χ3v) is 1.92. The largest absolute Gasteiger partial charge is 0.469 e. The lowest BCUT2D eigenvalue weighted by molar-refractivity contribution is -0.139. The van der Waals surface area contributed by atoms with Crippen LogP contribution in [0.4, 0.5) is 0 Å². The van der Waals surface area contributed by atoms with Crippen molar-refractivity contribution in [2.45, 2.75) is 13.0 Å². The fourth-order valence-electron chi connectivity index (χ4n) is 1.12. The van der Waals surface area contributed by atoms with Crippen LogP contribution in [0.3, 0.4) is 0 Å². The monoisotopic (exact) mass is 208 g/mol. The highest BCUT2D eigenvalue weighted by atomic mass is 16.5. The van der Waals surface area contributed by atoms with Gasteiger partial charge in [-0.15, -0.1) is 0 Å². The molecule has 15 heavy (non-hydrogen) atoms. The first kappa shape index (κ1) is 11.2. The molecule has 1 aromatic carbocycles. The number of methoxy groups -OCH3 is 1. The van der Waals surface area contributed by atoms with Crippen molar-refractivity contribution >= 4 is 12.4 Å². The zero-order valence-electron chi connectivity index (χ0n) is 8.43. The first-order valence-corrected chi connectivity index (χ1v) is 4.46. The number of hydrogen-bond acceptors (Lipinski definition) is 4. The summed E-state index contributed by atoms with van der Waals surface area (Å²) in [5.41, 5.74) is 1.76. The van der Waals surface area contributed by atoms with Gasteiger partial charge in [-0.1, -0.05) is 24.3 Å². The molecule has 0 atom stereocenters. The molecule has 0 bridgehead atoms. The fourth-order valence-corrected chi connectivity index (χ4v) is 1.12. The molecule has 0 aliphatic rings. The van der Waals surface area contributed by atoms with Gasteiger partial charge in [-0.3, -0.25) is 9.59 Å². The second kappa shape index (κ2) is 5.80. The molecule has 80 valence electrons. The molecule has 4 nitrogen and oxygen atoms in total. The third kappa shape index (κ3) is 3.81. The van der Waals surface area contributed by atoms with Crippen LogP contribution in [-0.2, 0) is 32.1 Å². The number of ether oxygens (including phenoxy) is 2. The van der Waals surface area contributed by atoms with Crippen molar-refractivity contribution in [1.29, 1.82) is 0 Å². The van der Waals surface area contributed by atoms with E-state index in [4.69, 9.17) is 0 Å². The van der Waals surface area contributed by atoms with Crippen molar-refractivity contribution in [2.24, 2.45) is 0 Å². The molecule has 0 heterocycles. The molecule has 0 aliphatic heterocycles. The van der Waals surface area contributed by atoms with Crippen molar-refractivity contribution in [3.8, 4) is 0 Å². The third-order valence-electron chi connectivity index (χ3n) is 1.92. The zero-order valence-corrected chi connectivity index (χ0v) is 8.43. The normalized spacial score (nSPS) is 9.40. The van der Waals surface area contributed by atoms with E-state index in [1.165, 1.54) is 7.11 Å². The summed E-state index contributed by atoms with van der Waals surface area (Å²) in [6.45, 7) is 0.657. The zero-order chi connectivity index (χ0) is 11.1. The smallest absolute Gasteiger partial charge is 0.309 e. The van der Waals surface area contributed by atoms with E-state index in [1.54, 1.807) is 12.1 Å². The molecule has 0 saturated carbocycles. The van der Waals surface area contributed by atoms with Crippen LogP contribution in [0.15, 0.2) is 24.3 Å². The molecule has 0 radical (unpaired) electrons. The number of carbonyl (C=O) groups is 2. The molecule has 0 unspecified atom stereocenters. The Hall–Kier alpha value is -1.84. The predicted molar refractivity (Wildman–Crippen MR) is 53.0 cm³/mol. The number of hydrogen-bond donors (Lipinski definition) is 0. The van der Waals surface area contributed by atoms with Gasteiger partial charge in [0.1, 0.15) is 6.61 Å². The van der Waals surface area contributed by atoms with Crippen LogP contribution in [-0.4, -0.2) is 19.6 Å². The summed E-state index contributed by atoms with van der Waals surface area (Å²) in [5, 5.41) is 0. The predicted octanol–water partition coefficient (Wildman–Crippen LogP) is 1.08. The number of esters is 1. The highest BCUT2D eigenvalue weighted by Gasteiger charge is 2.02. The summed E-state index contributed by atoms with van der Waals surface area (Å²) in [5.74, 6) is -0.271. The first-order chi connectivity index (χ1) is 7.26. The van der Waals surface area contributed by atoms with Crippen molar-refractivity contribution in [2.75, 3.05) is 7.11 Å². The summed E-state index contributed by atoms with van der Waals surface area (Å²) >= 11 is 0. The average Bonchev–Trinajstić information content (AvgIpc) is 2.28. The second-order valence-electron chi connectivity index (χ2n) is 2.98. The van der Waals surface area contributed by atoms with E-state index in [2.05, 4.69) is 9.47 Å². The Morgan fingerprint density at radius 1 is 1.27 bits per heavy atom. The molecular weight excluding hydrogens is 196 g/mol. The highest BCUT2D eigenvalue weighted by Crippen LogP contribution is 2.06. The Balaban J connectivity index is 2.55. The lowest BCUT2D eigenvalue weighted by atomic mass is 10.1. The fraction of sp³-hybridized carbons (Fsp3) is 0.273. The van der Waals surface area contributed by atoms with Crippen molar-refractivity contribution < 1.29 is 19.1 Å². The average molecular weight is 208 g/mol. The Bertz CT molecular complexity index is 329. The Morgan fingerprint density at radius 3 is 2.40 bits per heavy atom. The van der Waals surface area contributed by atoms with Gasteiger partial charge in [0, 0.05) is 0 Å². The van der Waals surface area contributed by atoms with Gasteiger partial charge in [0.2, 0.25) is 0 Å². The van der Waals surface area contributed by atoms with Crippen molar-refractivity contribution in [3.05, 3.63) is 35.4 Å². The molecule has 0 saturated heterocycles. The Morgan fingerprint density at radius 2 is 1.87 bits per heavy atom. The standard InChI is InChI=1S/C11H12O4/c1-14-11(13)6-9-2-4-10(5-3-9)7-15-8-12/h2-5,8H,6-7H2,1H3. The van der Waals surface area contributed by atoms with Gasteiger partial charge in [0.05, 0.1) is 13.5 Å². The molecular formula is C11H12O4. The van der Waals surface area contributed by atoms with E-state index in [0.29, 0.717) is 6.47 Å². The van der Waals surface area contributed by atoms with Gasteiger partial charge in [0.15, 0.2) is 0 Å². The number of rotatable bonds is 5. The first-order valence-electron chi connectivity index (χ1n) is 4.46. The second-order valence-corrected chi connectivity index (χ2v) is 2.98. The molecule has 1 rings (SSSR count). The number of benzene rings is 1. The van der Waals surface area contributed by atoms with Crippen molar-refractivity contribution in [1.82, 2.24) is 0 Å². The molecule has 0 spiro atoms. The van der Waals surface area contributed by atoms with E-state index in [0.717, 1.165) is 11.1 Å². The Labute approximate surface area is 87.8 Å². The SMILES string of the molecule is COC(=O)Cc1ccc(COC=O)cc1. The van der Waals surface area contributed by atoms with Crippen LogP contribution in [0.2, 0.25) is 0 Å². The van der Waals surface area contributed by atoms with Crippen LogP contribution in [0.1, 0.15) is 11.1 Å². The van der Waals surface area contributed by atoms with Gasteiger partial charge >= 0.3 is 5.97 Å². The molecule has 0 amide bonds. The summed E-state index contributed by atoms with van der Waals surface area (Å²) in [7, 11) is 1.36.